The topological polar surface area (TPSA) is 50.8 Å². The number of rotatable bonds is 8. The van der Waals surface area contributed by atoms with Crippen LogP contribution in [0.5, 0.6) is 11.5 Å². The summed E-state index contributed by atoms with van der Waals surface area (Å²) >= 11 is 1.69. The van der Waals surface area contributed by atoms with E-state index in [1.54, 1.807) is 18.4 Å². The Morgan fingerprint density at radius 2 is 2.08 bits per heavy atom. The Morgan fingerprint density at radius 3 is 2.71 bits per heavy atom. The van der Waals surface area contributed by atoms with Crippen LogP contribution < -0.4 is 14.8 Å². The molecule has 1 aromatic heterocycles. The van der Waals surface area contributed by atoms with Crippen molar-refractivity contribution >= 4 is 17.2 Å². The quantitative estimate of drug-likeness (QED) is 0.797. The number of nitrogens with one attached hydrogen (secondary N) is 1. The number of amides is 1. The Labute approximate surface area is 147 Å². The van der Waals surface area contributed by atoms with Crippen molar-refractivity contribution in [2.24, 2.45) is 0 Å². The van der Waals surface area contributed by atoms with Crippen molar-refractivity contribution in [1.82, 2.24) is 10.2 Å². The maximum Gasteiger partial charge on any atom is 0.258 e. The predicted molar refractivity (Wildman–Crippen MR) is 97.0 cm³/mol. The van der Waals surface area contributed by atoms with Gasteiger partial charge in [0.2, 0.25) is 0 Å². The fourth-order valence-corrected chi connectivity index (χ4v) is 3.24. The Balaban J connectivity index is 1.87. The van der Waals surface area contributed by atoms with Crippen LogP contribution in [0.2, 0.25) is 0 Å². The molecule has 1 N–H and O–H groups in total. The third-order valence-corrected chi connectivity index (χ3v) is 4.64. The first-order valence-electron chi connectivity index (χ1n) is 7.75. The fraction of sp³-hybridized carbons (Fsp3) is 0.389. The van der Waals surface area contributed by atoms with Gasteiger partial charge in [0.05, 0.1) is 13.2 Å². The number of carbonyl (C=O) groups excluding carboxylic acids is 1. The van der Waals surface area contributed by atoms with Crippen LogP contribution in [0.3, 0.4) is 0 Å². The SMILES string of the molecule is COc1cc(C)ccc1OCC(=O)NCC(c1cccs1)N(C)C. The lowest BCUT2D eigenvalue weighted by molar-refractivity contribution is -0.123. The van der Waals surface area contributed by atoms with E-state index in [4.69, 9.17) is 9.47 Å². The number of likely N-dealkylation sites (N-methyl/N-ethyl adjacent to an activating group) is 1. The van der Waals surface area contributed by atoms with Gasteiger partial charge in [-0.15, -0.1) is 11.3 Å². The summed E-state index contributed by atoms with van der Waals surface area (Å²) in [6, 6.07) is 9.87. The van der Waals surface area contributed by atoms with Gasteiger partial charge in [0.1, 0.15) is 0 Å². The third-order valence-electron chi connectivity index (χ3n) is 3.67. The van der Waals surface area contributed by atoms with Crippen LogP contribution in [0.1, 0.15) is 16.5 Å². The zero-order valence-corrected chi connectivity index (χ0v) is 15.4. The molecule has 0 saturated carbocycles. The number of thiophene rings is 1. The van der Waals surface area contributed by atoms with E-state index in [0.29, 0.717) is 18.0 Å². The number of nitrogens with zero attached hydrogens (tertiary/aromatic N) is 1. The van der Waals surface area contributed by atoms with E-state index in [2.05, 4.69) is 16.3 Å². The smallest absolute Gasteiger partial charge is 0.258 e. The molecule has 0 radical (unpaired) electrons. The van der Waals surface area contributed by atoms with E-state index >= 15 is 0 Å². The van der Waals surface area contributed by atoms with E-state index in [9.17, 15) is 4.79 Å². The minimum absolute atomic E-state index is 0.0377. The summed E-state index contributed by atoms with van der Waals surface area (Å²) in [5.74, 6) is 1.05. The molecule has 0 aliphatic rings. The minimum Gasteiger partial charge on any atom is -0.493 e. The van der Waals surface area contributed by atoms with Gasteiger partial charge in [-0.3, -0.25) is 4.79 Å². The molecule has 24 heavy (non-hydrogen) atoms. The predicted octanol–water partition coefficient (Wildman–Crippen LogP) is 2.86. The second-order valence-corrected chi connectivity index (χ2v) is 6.72. The van der Waals surface area contributed by atoms with Crippen molar-refractivity contribution in [3.63, 3.8) is 0 Å². The Morgan fingerprint density at radius 1 is 1.29 bits per heavy atom. The first-order chi connectivity index (χ1) is 11.5. The number of methoxy groups -OCH3 is 1. The fourth-order valence-electron chi connectivity index (χ4n) is 2.32. The van der Waals surface area contributed by atoms with Crippen molar-refractivity contribution in [3.05, 3.63) is 46.2 Å². The zero-order chi connectivity index (χ0) is 17.5. The van der Waals surface area contributed by atoms with E-state index < -0.39 is 0 Å². The molecule has 1 atom stereocenters. The maximum atomic E-state index is 12.1. The Bertz CT molecular complexity index is 656. The highest BCUT2D eigenvalue weighted by molar-refractivity contribution is 7.10. The van der Waals surface area contributed by atoms with Crippen molar-refractivity contribution < 1.29 is 14.3 Å². The molecule has 0 fully saturated rings. The van der Waals surface area contributed by atoms with Crippen molar-refractivity contribution in [2.45, 2.75) is 13.0 Å². The lowest BCUT2D eigenvalue weighted by atomic mass is 10.2. The molecule has 5 nitrogen and oxygen atoms in total. The van der Waals surface area contributed by atoms with Crippen LogP contribution in [0.4, 0.5) is 0 Å². The molecule has 2 aromatic rings. The second kappa shape index (κ2) is 8.70. The zero-order valence-electron chi connectivity index (χ0n) is 14.5. The molecular formula is C18H24N2O3S. The van der Waals surface area contributed by atoms with Crippen molar-refractivity contribution in [3.8, 4) is 11.5 Å². The number of aryl methyl sites for hydroxylation is 1. The molecule has 0 aliphatic carbocycles. The summed E-state index contributed by atoms with van der Waals surface area (Å²) in [5, 5.41) is 4.97. The monoisotopic (exact) mass is 348 g/mol. The molecule has 6 heteroatoms. The Hall–Kier alpha value is -2.05. The average molecular weight is 348 g/mol. The van der Waals surface area contributed by atoms with Gasteiger partial charge in [-0.1, -0.05) is 12.1 Å². The standard InChI is InChI=1S/C18H24N2O3S/c1-13-7-8-15(16(10-13)22-4)23-12-18(21)19-11-14(20(2)3)17-6-5-9-24-17/h5-10,14H,11-12H2,1-4H3,(H,19,21). The summed E-state index contributed by atoms with van der Waals surface area (Å²) in [5.41, 5.74) is 1.08. The number of ether oxygens (including phenoxy) is 2. The number of hydrogen-bond acceptors (Lipinski definition) is 5. The molecule has 0 bridgehead atoms. The molecule has 1 unspecified atom stereocenters. The van der Waals surface area contributed by atoms with Crippen LogP contribution in [0, 0.1) is 6.92 Å². The lowest BCUT2D eigenvalue weighted by Crippen LogP contribution is -2.36. The summed E-state index contributed by atoms with van der Waals surface area (Å²) in [6.07, 6.45) is 0. The minimum atomic E-state index is -0.152. The van der Waals surface area contributed by atoms with Gasteiger partial charge in [-0.05, 0) is 50.2 Å². The van der Waals surface area contributed by atoms with E-state index in [1.165, 1.54) is 4.88 Å². The summed E-state index contributed by atoms with van der Waals surface area (Å²) in [7, 11) is 5.60. The molecule has 0 saturated heterocycles. The lowest BCUT2D eigenvalue weighted by Gasteiger charge is -2.23. The van der Waals surface area contributed by atoms with E-state index in [1.807, 2.05) is 50.7 Å². The molecule has 0 aliphatic heterocycles. The van der Waals surface area contributed by atoms with E-state index in [-0.39, 0.29) is 18.6 Å². The average Bonchev–Trinajstić information content (AvgIpc) is 3.07. The number of carbonyl (C=O) groups is 1. The highest BCUT2D eigenvalue weighted by atomic mass is 32.1. The normalized spacial score (nSPS) is 12.0. The van der Waals surface area contributed by atoms with Gasteiger partial charge < -0.3 is 19.7 Å². The summed E-state index contributed by atoms with van der Waals surface area (Å²) < 4.78 is 10.9. The van der Waals surface area contributed by atoms with Crippen LogP contribution in [-0.2, 0) is 4.79 Å². The van der Waals surface area contributed by atoms with E-state index in [0.717, 1.165) is 5.56 Å². The van der Waals surface area contributed by atoms with Crippen molar-refractivity contribution in [1.29, 1.82) is 0 Å². The highest BCUT2D eigenvalue weighted by Crippen LogP contribution is 2.27. The van der Waals surface area contributed by atoms with Gasteiger partial charge >= 0.3 is 0 Å². The third kappa shape index (κ3) is 4.97. The molecule has 1 aromatic carbocycles. The van der Waals surface area contributed by atoms with Gasteiger partial charge in [-0.2, -0.15) is 0 Å². The van der Waals surface area contributed by atoms with Crippen LogP contribution in [0.25, 0.3) is 0 Å². The molecular weight excluding hydrogens is 324 g/mol. The van der Waals surface area contributed by atoms with Gasteiger partial charge in [0.15, 0.2) is 18.1 Å². The summed E-state index contributed by atoms with van der Waals surface area (Å²) in [6.45, 7) is 2.48. The van der Waals surface area contributed by atoms with Crippen LogP contribution in [-0.4, -0.2) is 45.2 Å². The van der Waals surface area contributed by atoms with Crippen LogP contribution >= 0.6 is 11.3 Å². The van der Waals surface area contributed by atoms with Gasteiger partial charge in [0.25, 0.3) is 5.91 Å². The molecule has 1 amide bonds. The van der Waals surface area contributed by atoms with Gasteiger partial charge in [0, 0.05) is 11.4 Å². The molecule has 0 spiro atoms. The van der Waals surface area contributed by atoms with Crippen molar-refractivity contribution in [2.75, 3.05) is 34.4 Å². The molecule has 1 heterocycles. The first kappa shape index (κ1) is 18.3. The largest absolute Gasteiger partial charge is 0.493 e. The Kier molecular flexibility index (Phi) is 6.63. The molecule has 130 valence electrons. The summed E-state index contributed by atoms with van der Waals surface area (Å²) in [4.78, 5) is 15.4. The highest BCUT2D eigenvalue weighted by Gasteiger charge is 2.16. The molecule has 2 rings (SSSR count). The van der Waals surface area contributed by atoms with Crippen LogP contribution in [0.15, 0.2) is 35.7 Å². The second-order valence-electron chi connectivity index (χ2n) is 5.74. The number of benzene rings is 1. The first-order valence-corrected chi connectivity index (χ1v) is 8.63. The maximum absolute atomic E-state index is 12.1. The van der Waals surface area contributed by atoms with Gasteiger partial charge in [-0.25, -0.2) is 0 Å². The number of hydrogen-bond donors (Lipinski definition) is 1.